The van der Waals surface area contributed by atoms with Gasteiger partial charge >= 0.3 is 5.97 Å². The monoisotopic (exact) mass is 391 g/mol. The van der Waals surface area contributed by atoms with E-state index in [0.29, 0.717) is 25.1 Å². The number of rotatable bonds is 5. The lowest BCUT2D eigenvalue weighted by atomic mass is 9.89. The molecular formula is C20H22FNO4S. The van der Waals surface area contributed by atoms with Crippen molar-refractivity contribution in [3.05, 3.63) is 65.5 Å². The van der Waals surface area contributed by atoms with Crippen LogP contribution in [-0.2, 0) is 14.8 Å². The first-order valence-electron chi connectivity index (χ1n) is 8.87. The summed E-state index contributed by atoms with van der Waals surface area (Å²) in [7, 11) is -3.69. The Bertz CT molecular complexity index is 927. The molecule has 1 saturated heterocycles. The summed E-state index contributed by atoms with van der Waals surface area (Å²) in [6.45, 7) is 2.37. The standard InChI is InChI=1S/C20H22FNO4S/c1-14(20(23)24)15-4-2-5-16(12-15)17-6-3-11-22(13-17)27(25,26)19-9-7-18(21)8-10-19/h2,4-5,7-10,12,14,17H,3,6,11,13H2,1H3,(H,23,24). The Morgan fingerprint density at radius 2 is 1.93 bits per heavy atom. The lowest BCUT2D eigenvalue weighted by Gasteiger charge is -2.32. The molecule has 1 fully saturated rings. The molecule has 0 saturated carbocycles. The number of piperidine rings is 1. The Kier molecular flexibility index (Phi) is 5.62. The third kappa shape index (κ3) is 4.20. The maximum Gasteiger partial charge on any atom is 0.310 e. The average Bonchev–Trinajstić information content (AvgIpc) is 2.68. The van der Waals surface area contributed by atoms with E-state index in [1.54, 1.807) is 13.0 Å². The van der Waals surface area contributed by atoms with E-state index in [0.717, 1.165) is 24.1 Å². The van der Waals surface area contributed by atoms with Gasteiger partial charge in [0.05, 0.1) is 10.8 Å². The lowest BCUT2D eigenvalue weighted by Crippen LogP contribution is -2.39. The van der Waals surface area contributed by atoms with Gasteiger partial charge < -0.3 is 5.11 Å². The normalized spacial score (nSPS) is 19.6. The number of nitrogens with zero attached hydrogens (tertiary/aromatic N) is 1. The molecule has 2 atom stereocenters. The number of carboxylic acids is 1. The molecule has 2 aromatic rings. The van der Waals surface area contributed by atoms with Gasteiger partial charge in [-0.25, -0.2) is 12.8 Å². The van der Waals surface area contributed by atoms with Gasteiger partial charge in [0.2, 0.25) is 10.0 Å². The molecule has 0 spiro atoms. The average molecular weight is 391 g/mol. The van der Waals surface area contributed by atoms with Crippen LogP contribution >= 0.6 is 0 Å². The van der Waals surface area contributed by atoms with E-state index in [1.165, 1.54) is 16.4 Å². The van der Waals surface area contributed by atoms with E-state index in [9.17, 15) is 22.7 Å². The molecule has 2 aromatic carbocycles. The highest BCUT2D eigenvalue weighted by atomic mass is 32.2. The molecule has 2 unspecified atom stereocenters. The number of hydrogen-bond acceptors (Lipinski definition) is 3. The van der Waals surface area contributed by atoms with Crippen molar-refractivity contribution in [3.8, 4) is 0 Å². The quantitative estimate of drug-likeness (QED) is 0.845. The number of benzene rings is 2. The second kappa shape index (κ2) is 7.78. The third-order valence-electron chi connectivity index (χ3n) is 5.09. The van der Waals surface area contributed by atoms with Crippen LogP contribution in [0.25, 0.3) is 0 Å². The number of carboxylic acid groups (broad SMARTS) is 1. The van der Waals surface area contributed by atoms with Crippen molar-refractivity contribution in [1.29, 1.82) is 0 Å². The van der Waals surface area contributed by atoms with Gasteiger partial charge in [-0.1, -0.05) is 24.3 Å². The van der Waals surface area contributed by atoms with Crippen molar-refractivity contribution in [2.24, 2.45) is 0 Å². The molecule has 1 N–H and O–H groups in total. The van der Waals surface area contributed by atoms with Crippen molar-refractivity contribution in [3.63, 3.8) is 0 Å². The van der Waals surface area contributed by atoms with E-state index in [1.807, 2.05) is 18.2 Å². The van der Waals surface area contributed by atoms with E-state index in [2.05, 4.69) is 0 Å². The zero-order valence-electron chi connectivity index (χ0n) is 15.0. The molecule has 0 radical (unpaired) electrons. The summed E-state index contributed by atoms with van der Waals surface area (Å²) in [5, 5.41) is 9.22. The lowest BCUT2D eigenvalue weighted by molar-refractivity contribution is -0.138. The van der Waals surface area contributed by atoms with Crippen molar-refractivity contribution >= 4 is 16.0 Å². The maximum absolute atomic E-state index is 13.1. The van der Waals surface area contributed by atoms with E-state index in [4.69, 9.17) is 0 Å². The number of hydrogen-bond donors (Lipinski definition) is 1. The molecule has 3 rings (SSSR count). The number of carbonyl (C=O) groups is 1. The fraction of sp³-hybridized carbons (Fsp3) is 0.350. The zero-order chi connectivity index (χ0) is 19.6. The van der Waals surface area contributed by atoms with Gasteiger partial charge in [-0.3, -0.25) is 4.79 Å². The Morgan fingerprint density at radius 3 is 2.59 bits per heavy atom. The van der Waals surface area contributed by atoms with Crippen LogP contribution in [0.3, 0.4) is 0 Å². The van der Waals surface area contributed by atoms with Crippen LogP contribution in [-0.4, -0.2) is 36.9 Å². The fourth-order valence-corrected chi connectivity index (χ4v) is 4.94. The first-order valence-corrected chi connectivity index (χ1v) is 10.3. The largest absolute Gasteiger partial charge is 0.481 e. The minimum absolute atomic E-state index is 0.00471. The van der Waals surface area contributed by atoms with Crippen molar-refractivity contribution in [2.45, 2.75) is 36.5 Å². The van der Waals surface area contributed by atoms with Crippen LogP contribution in [0.15, 0.2) is 53.4 Å². The predicted molar refractivity (Wildman–Crippen MR) is 99.6 cm³/mol. The summed E-state index contributed by atoms with van der Waals surface area (Å²) in [4.78, 5) is 11.3. The SMILES string of the molecule is CC(C(=O)O)c1cccc(C2CCCN(S(=O)(=O)c3ccc(F)cc3)C2)c1. The predicted octanol–water partition coefficient (Wildman–Crippen LogP) is 3.58. The van der Waals surface area contributed by atoms with Gasteiger partial charge in [-0.15, -0.1) is 0 Å². The summed E-state index contributed by atoms with van der Waals surface area (Å²) in [5.41, 5.74) is 1.65. The minimum Gasteiger partial charge on any atom is -0.481 e. The third-order valence-corrected chi connectivity index (χ3v) is 6.97. The number of sulfonamides is 1. The van der Waals surface area contributed by atoms with Gasteiger partial charge in [0.1, 0.15) is 5.82 Å². The van der Waals surface area contributed by atoms with Gasteiger partial charge in [-0.2, -0.15) is 4.31 Å². The zero-order valence-corrected chi connectivity index (χ0v) is 15.8. The first kappa shape index (κ1) is 19.5. The Hall–Kier alpha value is -2.25. The maximum atomic E-state index is 13.1. The van der Waals surface area contributed by atoms with Crippen molar-refractivity contribution in [2.75, 3.05) is 13.1 Å². The van der Waals surface area contributed by atoms with Crippen LogP contribution in [0.1, 0.15) is 42.7 Å². The summed E-state index contributed by atoms with van der Waals surface area (Å²) in [5.74, 6) is -1.99. The second-order valence-corrected chi connectivity index (χ2v) is 8.82. The van der Waals surface area contributed by atoms with Crippen LogP contribution in [0, 0.1) is 5.82 Å². The molecule has 27 heavy (non-hydrogen) atoms. The molecule has 1 aliphatic rings. The first-order chi connectivity index (χ1) is 12.8. The van der Waals surface area contributed by atoms with Crippen LogP contribution < -0.4 is 0 Å². The van der Waals surface area contributed by atoms with Crippen LogP contribution in [0.4, 0.5) is 4.39 Å². The van der Waals surface area contributed by atoms with Gasteiger partial charge in [0.15, 0.2) is 0 Å². The molecular weight excluding hydrogens is 369 g/mol. The van der Waals surface area contributed by atoms with E-state index >= 15 is 0 Å². The number of aliphatic carboxylic acids is 1. The van der Waals surface area contributed by atoms with Gasteiger partial charge in [-0.05, 0) is 61.1 Å². The summed E-state index contributed by atoms with van der Waals surface area (Å²) in [6, 6.07) is 12.2. The molecule has 0 aliphatic carbocycles. The molecule has 1 heterocycles. The molecule has 0 amide bonds. The van der Waals surface area contributed by atoms with Gasteiger partial charge in [0.25, 0.3) is 0 Å². The number of halogens is 1. The van der Waals surface area contributed by atoms with E-state index in [-0.39, 0.29) is 10.8 Å². The van der Waals surface area contributed by atoms with Crippen LogP contribution in [0.5, 0.6) is 0 Å². The highest BCUT2D eigenvalue weighted by Gasteiger charge is 2.31. The summed E-state index contributed by atoms with van der Waals surface area (Å²) in [6.07, 6.45) is 1.55. The van der Waals surface area contributed by atoms with E-state index < -0.39 is 27.7 Å². The highest BCUT2D eigenvalue weighted by Crippen LogP contribution is 2.31. The fourth-order valence-electron chi connectivity index (χ4n) is 3.41. The Balaban J connectivity index is 1.83. The molecule has 0 aromatic heterocycles. The molecule has 5 nitrogen and oxygen atoms in total. The Morgan fingerprint density at radius 1 is 1.22 bits per heavy atom. The molecule has 1 aliphatic heterocycles. The summed E-state index contributed by atoms with van der Waals surface area (Å²) < 4.78 is 40.3. The highest BCUT2D eigenvalue weighted by molar-refractivity contribution is 7.89. The van der Waals surface area contributed by atoms with Gasteiger partial charge in [0, 0.05) is 13.1 Å². The smallest absolute Gasteiger partial charge is 0.310 e. The molecule has 144 valence electrons. The van der Waals surface area contributed by atoms with Crippen molar-refractivity contribution < 1.29 is 22.7 Å². The van der Waals surface area contributed by atoms with Crippen LogP contribution in [0.2, 0.25) is 0 Å². The molecule has 7 heteroatoms. The Labute approximate surface area is 158 Å². The molecule has 0 bridgehead atoms. The topological polar surface area (TPSA) is 74.7 Å². The minimum atomic E-state index is -3.69. The van der Waals surface area contributed by atoms with Crippen molar-refractivity contribution in [1.82, 2.24) is 4.31 Å². The summed E-state index contributed by atoms with van der Waals surface area (Å²) >= 11 is 0. The second-order valence-electron chi connectivity index (χ2n) is 6.89.